The maximum atomic E-state index is 13.6. The lowest BCUT2D eigenvalue weighted by atomic mass is 9.90. The highest BCUT2D eigenvalue weighted by molar-refractivity contribution is 7.90. The molecule has 0 aromatic carbocycles. The largest absolute Gasteiger partial charge is 0.362 e. The minimum absolute atomic E-state index is 0.172. The van der Waals surface area contributed by atoms with Gasteiger partial charge in [-0.1, -0.05) is 32.9 Å². The van der Waals surface area contributed by atoms with Crippen molar-refractivity contribution in [2.45, 2.75) is 81.8 Å². The molecule has 1 amide bonds. The van der Waals surface area contributed by atoms with Crippen molar-refractivity contribution in [3.63, 3.8) is 0 Å². The molecule has 2 saturated heterocycles. The van der Waals surface area contributed by atoms with Crippen LogP contribution in [0.4, 0.5) is 11.6 Å². The van der Waals surface area contributed by atoms with Gasteiger partial charge in [0.25, 0.3) is 15.9 Å². The number of rotatable bonds is 2. The fourth-order valence-electron chi connectivity index (χ4n) is 6.34. The molecule has 0 spiro atoms. The van der Waals surface area contributed by atoms with Crippen LogP contribution in [0.3, 0.4) is 0 Å². The van der Waals surface area contributed by atoms with Gasteiger partial charge >= 0.3 is 0 Å². The van der Waals surface area contributed by atoms with E-state index in [1.54, 1.807) is 18.2 Å². The Labute approximate surface area is 254 Å². The number of pyridine rings is 3. The van der Waals surface area contributed by atoms with Crippen LogP contribution in [0.2, 0.25) is 0 Å². The molecule has 2 fully saturated rings. The minimum Gasteiger partial charge on any atom is -0.362 e. The van der Waals surface area contributed by atoms with Crippen LogP contribution in [0.5, 0.6) is 0 Å². The van der Waals surface area contributed by atoms with E-state index in [9.17, 15) is 13.2 Å². The zero-order valence-corrected chi connectivity index (χ0v) is 26.3. The Morgan fingerprint density at radius 2 is 1.79 bits per heavy atom. The van der Waals surface area contributed by atoms with Crippen LogP contribution < -0.4 is 20.3 Å². The van der Waals surface area contributed by atoms with Crippen molar-refractivity contribution in [1.29, 1.82) is 0 Å². The van der Waals surface area contributed by atoms with Crippen LogP contribution in [0.1, 0.15) is 93.2 Å². The second kappa shape index (κ2) is 10.9. The molecule has 3 aliphatic rings. The maximum Gasteiger partial charge on any atom is 0.281 e. The molecule has 3 aliphatic heterocycles. The van der Waals surface area contributed by atoms with E-state index >= 15 is 0 Å². The molecule has 11 heteroatoms. The van der Waals surface area contributed by atoms with Gasteiger partial charge < -0.3 is 15.5 Å². The third kappa shape index (κ3) is 5.97. The summed E-state index contributed by atoms with van der Waals surface area (Å²) in [6.07, 6.45) is 4.56. The second-order valence-electron chi connectivity index (χ2n) is 13.8. The van der Waals surface area contributed by atoms with Crippen molar-refractivity contribution in [3.8, 4) is 0 Å². The molecule has 228 valence electrons. The number of amides is 1. The van der Waals surface area contributed by atoms with Crippen LogP contribution >= 0.6 is 0 Å². The third-order valence-corrected chi connectivity index (χ3v) is 10.2. The fraction of sp³-hybridized carbons (Fsp3) is 0.500. The Kier molecular flexibility index (Phi) is 7.45. The summed E-state index contributed by atoms with van der Waals surface area (Å²) < 4.78 is 29.2. The third-order valence-electron chi connectivity index (χ3n) is 8.93. The number of fused-ring (bicyclic) bond motifs is 6. The molecule has 10 nitrogen and oxygen atoms in total. The first-order chi connectivity index (χ1) is 20.3. The Balaban J connectivity index is 1.41. The summed E-state index contributed by atoms with van der Waals surface area (Å²) in [5, 5.41) is 6.54. The molecular formula is C32H41N7O3S. The first kappa shape index (κ1) is 29.5. The Morgan fingerprint density at radius 1 is 1.00 bits per heavy atom. The van der Waals surface area contributed by atoms with E-state index < -0.39 is 15.9 Å². The van der Waals surface area contributed by atoms with Crippen molar-refractivity contribution >= 4 is 27.6 Å². The van der Waals surface area contributed by atoms with Gasteiger partial charge in [0, 0.05) is 48.4 Å². The van der Waals surface area contributed by atoms with Gasteiger partial charge in [-0.3, -0.25) is 9.78 Å². The standard InChI is InChI=1S/C32H41N7O3S/c1-31(2,3)26-14-11-23-29(36-26)39-19-20(15-32(39,4)5)9-12-25(24-13-10-21(18-34-24)22-16-33-17-22)35-27-7-6-8-28(37-27)43(41,42)38-30(23)40/h6-8,10-11,13-14,18,20,22,25,33H,9,12,15-17,19H2,1-5H3,(H,35,37)(H,38,40)/t20-,25?/m0/s1. The van der Waals surface area contributed by atoms with E-state index in [2.05, 4.69) is 72.0 Å². The number of aromatic nitrogens is 3. The Morgan fingerprint density at radius 3 is 2.47 bits per heavy atom. The van der Waals surface area contributed by atoms with Crippen molar-refractivity contribution in [3.05, 3.63) is 71.2 Å². The molecule has 2 atom stereocenters. The molecule has 43 heavy (non-hydrogen) atoms. The molecule has 0 radical (unpaired) electrons. The van der Waals surface area contributed by atoms with E-state index in [-0.39, 0.29) is 27.6 Å². The van der Waals surface area contributed by atoms with E-state index in [0.29, 0.717) is 30.0 Å². The fourth-order valence-corrected chi connectivity index (χ4v) is 7.27. The predicted molar refractivity (Wildman–Crippen MR) is 167 cm³/mol. The van der Waals surface area contributed by atoms with Gasteiger partial charge in [-0.25, -0.2) is 14.7 Å². The lowest BCUT2D eigenvalue weighted by Crippen LogP contribution is -2.41. The predicted octanol–water partition coefficient (Wildman–Crippen LogP) is 4.53. The Bertz CT molecular complexity index is 1630. The van der Waals surface area contributed by atoms with Crippen LogP contribution in [0.15, 0.2) is 53.7 Å². The normalized spacial score (nSPS) is 23.7. The van der Waals surface area contributed by atoms with E-state index in [1.807, 2.05) is 12.3 Å². The number of nitrogens with zero attached hydrogens (tertiary/aromatic N) is 4. The molecule has 0 aliphatic carbocycles. The van der Waals surface area contributed by atoms with Crippen molar-refractivity contribution < 1.29 is 13.2 Å². The van der Waals surface area contributed by atoms with Crippen LogP contribution in [-0.4, -0.2) is 54.5 Å². The van der Waals surface area contributed by atoms with Crippen LogP contribution in [0.25, 0.3) is 0 Å². The zero-order chi connectivity index (χ0) is 30.6. The second-order valence-corrected chi connectivity index (χ2v) is 15.4. The highest BCUT2D eigenvalue weighted by Gasteiger charge is 2.41. The summed E-state index contributed by atoms with van der Waals surface area (Å²) in [5.74, 6) is 1.03. The molecule has 3 N–H and O–H groups in total. The molecule has 6 heterocycles. The van der Waals surface area contributed by atoms with E-state index in [1.165, 1.54) is 11.6 Å². The Hall–Kier alpha value is -3.57. The molecule has 1 unspecified atom stereocenters. The van der Waals surface area contributed by atoms with Gasteiger partial charge in [0.2, 0.25) is 0 Å². The monoisotopic (exact) mass is 603 g/mol. The molecule has 0 saturated carbocycles. The average Bonchev–Trinajstić information content (AvgIpc) is 3.23. The lowest BCUT2D eigenvalue weighted by Gasteiger charge is -2.34. The van der Waals surface area contributed by atoms with Gasteiger partial charge in [-0.05, 0) is 74.9 Å². The van der Waals surface area contributed by atoms with Crippen LogP contribution in [-0.2, 0) is 15.4 Å². The van der Waals surface area contributed by atoms with E-state index in [0.717, 1.165) is 43.7 Å². The average molecular weight is 604 g/mol. The molecule has 6 rings (SSSR count). The molecule has 3 aromatic rings. The van der Waals surface area contributed by atoms with Crippen molar-refractivity contribution in [1.82, 2.24) is 25.0 Å². The van der Waals surface area contributed by atoms with Gasteiger partial charge in [-0.15, -0.1) is 0 Å². The van der Waals surface area contributed by atoms with Crippen molar-refractivity contribution in [2.75, 3.05) is 29.9 Å². The van der Waals surface area contributed by atoms with Crippen molar-refractivity contribution in [2.24, 2.45) is 5.92 Å². The first-order valence-corrected chi connectivity index (χ1v) is 16.5. The number of sulfonamides is 1. The first-order valence-electron chi connectivity index (χ1n) is 15.1. The SMILES string of the molecule is CC(C)(C)c1ccc2c(n1)N1C[C@@H](CCC(c3ccc(C4CNC4)cn3)Nc3cccc(n3)S(=O)(=O)NC2=O)CC1(C)C. The number of hydrogen-bond donors (Lipinski definition) is 3. The van der Waals surface area contributed by atoms with Crippen LogP contribution in [0, 0.1) is 5.92 Å². The van der Waals surface area contributed by atoms with Gasteiger partial charge in [0.15, 0.2) is 5.03 Å². The summed E-state index contributed by atoms with van der Waals surface area (Å²) in [5.41, 5.74) is 2.64. The minimum atomic E-state index is -4.26. The van der Waals surface area contributed by atoms with E-state index in [4.69, 9.17) is 9.97 Å². The summed E-state index contributed by atoms with van der Waals surface area (Å²) >= 11 is 0. The molecular weight excluding hydrogens is 562 g/mol. The zero-order valence-electron chi connectivity index (χ0n) is 25.5. The smallest absolute Gasteiger partial charge is 0.281 e. The maximum absolute atomic E-state index is 13.6. The van der Waals surface area contributed by atoms with Gasteiger partial charge in [0.1, 0.15) is 11.6 Å². The molecule has 4 bridgehead atoms. The topological polar surface area (TPSA) is 129 Å². The molecule has 3 aromatic heterocycles. The highest BCUT2D eigenvalue weighted by Crippen LogP contribution is 2.41. The summed E-state index contributed by atoms with van der Waals surface area (Å²) in [4.78, 5) is 30.1. The number of nitrogens with one attached hydrogen (secondary N) is 3. The number of anilines is 2. The number of hydrogen-bond acceptors (Lipinski definition) is 9. The summed E-state index contributed by atoms with van der Waals surface area (Å²) in [6, 6.07) is 12.3. The summed E-state index contributed by atoms with van der Waals surface area (Å²) in [6.45, 7) is 13.2. The quantitative estimate of drug-likeness (QED) is 0.387. The van der Waals surface area contributed by atoms with Gasteiger partial charge in [0.05, 0.1) is 17.3 Å². The van der Waals surface area contributed by atoms with Gasteiger partial charge in [-0.2, -0.15) is 8.42 Å². The number of carbonyl (C=O) groups excluding carboxylic acids is 1. The highest BCUT2D eigenvalue weighted by atomic mass is 32.2. The lowest BCUT2D eigenvalue weighted by molar-refractivity contribution is 0.0981. The summed E-state index contributed by atoms with van der Waals surface area (Å²) in [7, 11) is -4.26. The number of carbonyl (C=O) groups is 1.